The summed E-state index contributed by atoms with van der Waals surface area (Å²) in [6, 6.07) is 15.4. The fourth-order valence-corrected chi connectivity index (χ4v) is 3.56. The first-order valence-electron chi connectivity index (χ1n) is 10.0. The Morgan fingerprint density at radius 2 is 1.77 bits per heavy atom. The Morgan fingerprint density at radius 3 is 2.32 bits per heavy atom. The maximum absolute atomic E-state index is 13.5. The summed E-state index contributed by atoms with van der Waals surface area (Å²) >= 11 is 1.09. The molecule has 2 aromatic carbocycles. The van der Waals surface area contributed by atoms with Gasteiger partial charge in [0, 0.05) is 16.6 Å². The Labute approximate surface area is 186 Å². The second-order valence-electron chi connectivity index (χ2n) is 7.94. The van der Waals surface area contributed by atoms with E-state index in [1.807, 2.05) is 58.0 Å². The van der Waals surface area contributed by atoms with Gasteiger partial charge in [-0.15, -0.1) is 5.10 Å². The molecule has 0 aliphatic heterocycles. The van der Waals surface area contributed by atoms with Crippen LogP contribution in [0.4, 0.5) is 5.69 Å². The lowest BCUT2D eigenvalue weighted by molar-refractivity contribution is -0.123. The fraction of sp³-hybridized carbons (Fsp3) is 0.304. The van der Waals surface area contributed by atoms with Crippen LogP contribution in [0.3, 0.4) is 0 Å². The predicted molar refractivity (Wildman–Crippen MR) is 121 cm³/mol. The number of carbonyl (C=O) groups is 2. The molecule has 1 atom stereocenters. The largest absolute Gasteiger partial charge is 0.494 e. The summed E-state index contributed by atoms with van der Waals surface area (Å²) in [5.41, 5.74) is 0.956. The second kappa shape index (κ2) is 9.70. The molecular weight excluding hydrogens is 412 g/mol. The summed E-state index contributed by atoms with van der Waals surface area (Å²) in [5.74, 6) is -0.00989. The molecule has 1 N–H and O–H groups in total. The molecule has 3 aromatic rings. The topological polar surface area (TPSA) is 84.4 Å². The first-order valence-corrected chi connectivity index (χ1v) is 10.8. The average Bonchev–Trinajstić information content (AvgIpc) is 3.27. The number of nitrogens with zero attached hydrogens (tertiary/aromatic N) is 3. The normalized spacial score (nSPS) is 12.1. The minimum Gasteiger partial charge on any atom is -0.494 e. The van der Waals surface area contributed by atoms with Crippen molar-refractivity contribution in [1.29, 1.82) is 0 Å². The molecule has 1 heterocycles. The SMILES string of the molecule is CCOc1ccc(N(C(=O)c2csnn2)[C@H](C(=O)NC(C)(C)C)c2ccccc2)cc1. The highest BCUT2D eigenvalue weighted by Gasteiger charge is 2.35. The highest BCUT2D eigenvalue weighted by molar-refractivity contribution is 7.03. The van der Waals surface area contributed by atoms with E-state index in [-0.39, 0.29) is 11.6 Å². The van der Waals surface area contributed by atoms with Crippen LogP contribution in [0, 0.1) is 0 Å². The number of amides is 2. The highest BCUT2D eigenvalue weighted by Crippen LogP contribution is 2.31. The lowest BCUT2D eigenvalue weighted by Crippen LogP contribution is -2.49. The van der Waals surface area contributed by atoms with E-state index in [1.165, 1.54) is 4.90 Å². The number of ether oxygens (including phenoxy) is 1. The standard InChI is InChI=1S/C23H26N4O3S/c1-5-30-18-13-11-17(12-14-18)27(22(29)19-15-31-26-25-19)20(16-9-7-6-8-10-16)21(28)24-23(2,3)4/h6-15,20H,5H2,1-4H3,(H,24,28)/t20-/m0/s1. The average molecular weight is 439 g/mol. The van der Waals surface area contributed by atoms with Crippen molar-refractivity contribution in [3.05, 3.63) is 71.2 Å². The van der Waals surface area contributed by atoms with E-state index < -0.39 is 17.5 Å². The van der Waals surface area contributed by atoms with E-state index in [0.29, 0.717) is 23.6 Å². The molecule has 8 heteroatoms. The summed E-state index contributed by atoms with van der Waals surface area (Å²) in [4.78, 5) is 28.4. The van der Waals surface area contributed by atoms with Crippen molar-refractivity contribution < 1.29 is 14.3 Å². The highest BCUT2D eigenvalue weighted by atomic mass is 32.1. The number of benzene rings is 2. The molecule has 2 amide bonds. The van der Waals surface area contributed by atoms with Crippen molar-refractivity contribution in [2.75, 3.05) is 11.5 Å². The van der Waals surface area contributed by atoms with Gasteiger partial charge in [0.05, 0.1) is 6.61 Å². The van der Waals surface area contributed by atoms with Crippen molar-refractivity contribution >= 4 is 29.0 Å². The molecular formula is C23H26N4O3S. The van der Waals surface area contributed by atoms with E-state index in [2.05, 4.69) is 14.9 Å². The van der Waals surface area contributed by atoms with Gasteiger partial charge in [-0.05, 0) is 69.1 Å². The number of carbonyl (C=O) groups excluding carboxylic acids is 2. The van der Waals surface area contributed by atoms with Crippen molar-refractivity contribution in [2.45, 2.75) is 39.3 Å². The van der Waals surface area contributed by atoms with Gasteiger partial charge >= 0.3 is 0 Å². The fourth-order valence-electron chi connectivity index (χ4n) is 3.13. The molecule has 31 heavy (non-hydrogen) atoms. The van der Waals surface area contributed by atoms with Crippen LogP contribution in [0.1, 0.15) is 49.8 Å². The molecule has 0 fully saturated rings. The summed E-state index contributed by atoms with van der Waals surface area (Å²) in [7, 11) is 0. The van der Waals surface area contributed by atoms with Gasteiger partial charge in [-0.25, -0.2) is 0 Å². The number of hydrogen-bond donors (Lipinski definition) is 1. The number of rotatable bonds is 7. The third-order valence-electron chi connectivity index (χ3n) is 4.34. The van der Waals surface area contributed by atoms with Crippen molar-refractivity contribution in [3.63, 3.8) is 0 Å². The minimum atomic E-state index is -0.896. The van der Waals surface area contributed by atoms with E-state index in [4.69, 9.17) is 4.74 Å². The van der Waals surface area contributed by atoms with Crippen molar-refractivity contribution in [1.82, 2.24) is 14.9 Å². The van der Waals surface area contributed by atoms with Gasteiger partial charge in [0.25, 0.3) is 5.91 Å². The van der Waals surface area contributed by atoms with Gasteiger partial charge in [-0.2, -0.15) is 0 Å². The molecule has 0 aliphatic carbocycles. The van der Waals surface area contributed by atoms with Crippen LogP contribution in [-0.2, 0) is 4.79 Å². The van der Waals surface area contributed by atoms with E-state index >= 15 is 0 Å². The van der Waals surface area contributed by atoms with Crippen LogP contribution >= 0.6 is 11.5 Å². The van der Waals surface area contributed by atoms with E-state index in [9.17, 15) is 9.59 Å². The van der Waals surface area contributed by atoms with Gasteiger partial charge in [0.2, 0.25) is 5.91 Å². The molecule has 3 rings (SSSR count). The number of anilines is 1. The lowest BCUT2D eigenvalue weighted by Gasteiger charge is -2.33. The van der Waals surface area contributed by atoms with Crippen LogP contribution in [0.25, 0.3) is 0 Å². The molecule has 0 aliphatic rings. The van der Waals surface area contributed by atoms with Gasteiger partial charge in [-0.3, -0.25) is 14.5 Å². The minimum absolute atomic E-state index is 0.184. The van der Waals surface area contributed by atoms with Crippen molar-refractivity contribution in [2.24, 2.45) is 0 Å². The Hall–Kier alpha value is -3.26. The monoisotopic (exact) mass is 438 g/mol. The summed E-state index contributed by atoms with van der Waals surface area (Å²) in [5, 5.41) is 8.53. The molecule has 1 aromatic heterocycles. The van der Waals surface area contributed by atoms with Crippen LogP contribution < -0.4 is 15.0 Å². The zero-order chi connectivity index (χ0) is 22.4. The zero-order valence-electron chi connectivity index (χ0n) is 18.0. The zero-order valence-corrected chi connectivity index (χ0v) is 18.8. The van der Waals surface area contributed by atoms with Crippen LogP contribution in [0.2, 0.25) is 0 Å². The molecule has 7 nitrogen and oxygen atoms in total. The molecule has 0 saturated carbocycles. The Morgan fingerprint density at radius 1 is 1.10 bits per heavy atom. The van der Waals surface area contributed by atoms with Gasteiger partial charge < -0.3 is 10.1 Å². The molecule has 0 spiro atoms. The summed E-state index contributed by atoms with van der Waals surface area (Å²) in [6.07, 6.45) is 0. The molecule has 0 unspecified atom stereocenters. The van der Waals surface area contributed by atoms with Crippen LogP contribution in [0.15, 0.2) is 60.0 Å². The maximum Gasteiger partial charge on any atom is 0.280 e. The van der Waals surface area contributed by atoms with Crippen LogP contribution in [-0.4, -0.2) is 33.5 Å². The number of aromatic nitrogens is 2. The summed E-state index contributed by atoms with van der Waals surface area (Å²) in [6.45, 7) is 8.15. The predicted octanol–water partition coefficient (Wildman–Crippen LogP) is 4.24. The van der Waals surface area contributed by atoms with Gasteiger partial charge in [-0.1, -0.05) is 34.8 Å². The Bertz CT molecular complexity index is 1000. The third kappa shape index (κ3) is 5.67. The Kier molecular flexibility index (Phi) is 7.02. The molecule has 0 saturated heterocycles. The van der Waals surface area contributed by atoms with E-state index in [0.717, 1.165) is 11.5 Å². The first kappa shape index (κ1) is 22.4. The molecule has 0 radical (unpaired) electrons. The molecule has 162 valence electrons. The maximum atomic E-state index is 13.5. The van der Waals surface area contributed by atoms with Gasteiger partial charge in [0.1, 0.15) is 11.8 Å². The first-order chi connectivity index (χ1) is 14.8. The Balaban J connectivity index is 2.12. The second-order valence-corrected chi connectivity index (χ2v) is 8.55. The number of nitrogens with one attached hydrogen (secondary N) is 1. The van der Waals surface area contributed by atoms with Crippen LogP contribution in [0.5, 0.6) is 5.75 Å². The van der Waals surface area contributed by atoms with Crippen molar-refractivity contribution in [3.8, 4) is 5.75 Å². The van der Waals surface area contributed by atoms with Gasteiger partial charge in [0.15, 0.2) is 5.69 Å². The molecule has 0 bridgehead atoms. The smallest absolute Gasteiger partial charge is 0.280 e. The number of hydrogen-bond acceptors (Lipinski definition) is 6. The van der Waals surface area contributed by atoms with E-state index in [1.54, 1.807) is 29.6 Å². The lowest BCUT2D eigenvalue weighted by atomic mass is 10.0. The third-order valence-corrected chi connectivity index (χ3v) is 4.85. The summed E-state index contributed by atoms with van der Waals surface area (Å²) < 4.78 is 9.35. The quantitative estimate of drug-likeness (QED) is 0.596.